The van der Waals surface area contributed by atoms with Gasteiger partial charge in [0.2, 0.25) is 0 Å². The SMILES string of the molecule is CN=C(NC1C2CCOC2C1(C)C)N1CCN(C/C=C/c2ccccc2)CC1. The Morgan fingerprint density at radius 3 is 2.68 bits per heavy atom. The summed E-state index contributed by atoms with van der Waals surface area (Å²) in [7, 11) is 1.91. The first-order valence-electron chi connectivity index (χ1n) is 10.6. The third kappa shape index (κ3) is 3.83. The Bertz CT molecular complexity index is 707. The Kier molecular flexibility index (Phi) is 5.74. The molecule has 0 bridgehead atoms. The van der Waals surface area contributed by atoms with E-state index in [0.29, 0.717) is 18.1 Å². The molecule has 0 radical (unpaired) electrons. The number of guanidine groups is 1. The molecule has 3 aliphatic rings. The van der Waals surface area contributed by atoms with Crippen LogP contribution in [-0.2, 0) is 4.74 Å². The smallest absolute Gasteiger partial charge is 0.193 e. The second-order valence-electron chi connectivity index (χ2n) is 8.84. The topological polar surface area (TPSA) is 40.1 Å². The summed E-state index contributed by atoms with van der Waals surface area (Å²) in [6.07, 6.45) is 6.07. The summed E-state index contributed by atoms with van der Waals surface area (Å²) >= 11 is 0. The molecule has 4 rings (SSSR count). The second-order valence-corrected chi connectivity index (χ2v) is 8.84. The third-order valence-corrected chi connectivity index (χ3v) is 6.74. The molecule has 2 saturated heterocycles. The molecule has 2 heterocycles. The molecule has 0 spiro atoms. The van der Waals surface area contributed by atoms with Crippen LogP contribution in [0.25, 0.3) is 6.08 Å². The van der Waals surface area contributed by atoms with Gasteiger partial charge in [-0.05, 0) is 12.0 Å². The molecule has 152 valence electrons. The van der Waals surface area contributed by atoms with Gasteiger partial charge in [-0.15, -0.1) is 0 Å². The van der Waals surface area contributed by atoms with Crippen molar-refractivity contribution < 1.29 is 4.74 Å². The van der Waals surface area contributed by atoms with Crippen molar-refractivity contribution in [2.24, 2.45) is 16.3 Å². The fraction of sp³-hybridized carbons (Fsp3) is 0.609. The van der Waals surface area contributed by atoms with Gasteiger partial charge >= 0.3 is 0 Å². The normalized spacial score (nSPS) is 30.3. The highest BCUT2D eigenvalue weighted by Gasteiger charge is 2.59. The van der Waals surface area contributed by atoms with Crippen molar-refractivity contribution in [3.8, 4) is 0 Å². The van der Waals surface area contributed by atoms with Crippen molar-refractivity contribution in [2.75, 3.05) is 46.4 Å². The lowest BCUT2D eigenvalue weighted by molar-refractivity contribution is -0.107. The molecule has 28 heavy (non-hydrogen) atoms. The van der Waals surface area contributed by atoms with Gasteiger partial charge in [-0.2, -0.15) is 0 Å². The quantitative estimate of drug-likeness (QED) is 0.642. The minimum Gasteiger partial charge on any atom is -0.377 e. The van der Waals surface area contributed by atoms with Crippen molar-refractivity contribution in [1.29, 1.82) is 0 Å². The van der Waals surface area contributed by atoms with Gasteiger partial charge in [0.1, 0.15) is 0 Å². The lowest BCUT2D eigenvalue weighted by atomic mass is 9.57. The van der Waals surface area contributed by atoms with E-state index in [2.05, 4.69) is 76.4 Å². The zero-order valence-electron chi connectivity index (χ0n) is 17.5. The lowest BCUT2D eigenvalue weighted by Gasteiger charge is -2.55. The van der Waals surface area contributed by atoms with Crippen LogP contribution in [0.5, 0.6) is 0 Å². The fourth-order valence-corrected chi connectivity index (χ4v) is 5.10. The first kappa shape index (κ1) is 19.5. The van der Waals surface area contributed by atoms with E-state index in [9.17, 15) is 0 Å². The van der Waals surface area contributed by atoms with Crippen LogP contribution in [0.3, 0.4) is 0 Å². The Balaban J connectivity index is 1.26. The van der Waals surface area contributed by atoms with E-state index in [-0.39, 0.29) is 5.41 Å². The molecule has 3 fully saturated rings. The summed E-state index contributed by atoms with van der Waals surface area (Å²) < 4.78 is 5.94. The molecular weight excluding hydrogens is 348 g/mol. The minimum absolute atomic E-state index is 0.182. The fourth-order valence-electron chi connectivity index (χ4n) is 5.10. The molecule has 3 atom stereocenters. The second kappa shape index (κ2) is 8.26. The van der Waals surface area contributed by atoms with E-state index in [1.807, 2.05) is 7.05 Å². The summed E-state index contributed by atoms with van der Waals surface area (Å²) in [5.41, 5.74) is 1.45. The highest BCUT2D eigenvalue weighted by atomic mass is 16.5. The number of aliphatic imine (C=N–C) groups is 1. The van der Waals surface area contributed by atoms with Crippen LogP contribution in [0.15, 0.2) is 41.4 Å². The number of hydrogen-bond acceptors (Lipinski definition) is 3. The molecule has 5 heteroatoms. The summed E-state index contributed by atoms with van der Waals surface area (Å²) in [4.78, 5) is 9.52. The van der Waals surface area contributed by atoms with Crippen molar-refractivity contribution in [3.63, 3.8) is 0 Å². The molecule has 2 aliphatic heterocycles. The zero-order chi connectivity index (χ0) is 19.6. The van der Waals surface area contributed by atoms with E-state index in [1.165, 1.54) is 12.0 Å². The number of nitrogens with one attached hydrogen (secondary N) is 1. The number of ether oxygens (including phenoxy) is 1. The highest BCUT2D eigenvalue weighted by molar-refractivity contribution is 5.80. The van der Waals surface area contributed by atoms with Crippen molar-refractivity contribution in [2.45, 2.75) is 32.4 Å². The minimum atomic E-state index is 0.182. The molecule has 1 saturated carbocycles. The summed E-state index contributed by atoms with van der Waals surface area (Å²) in [6, 6.07) is 11.0. The molecule has 1 aromatic rings. The largest absolute Gasteiger partial charge is 0.377 e. The van der Waals surface area contributed by atoms with Crippen molar-refractivity contribution in [1.82, 2.24) is 15.1 Å². The molecule has 1 aromatic carbocycles. The van der Waals surface area contributed by atoms with Gasteiger partial charge in [-0.25, -0.2) is 0 Å². The van der Waals surface area contributed by atoms with Crippen LogP contribution in [0.4, 0.5) is 0 Å². The number of benzene rings is 1. The predicted molar refractivity (Wildman–Crippen MR) is 115 cm³/mol. The van der Waals surface area contributed by atoms with Crippen molar-refractivity contribution in [3.05, 3.63) is 42.0 Å². The van der Waals surface area contributed by atoms with Crippen LogP contribution in [0, 0.1) is 11.3 Å². The number of hydrogen-bond donors (Lipinski definition) is 1. The lowest BCUT2D eigenvalue weighted by Crippen LogP contribution is -2.68. The van der Waals surface area contributed by atoms with Crippen LogP contribution in [0.1, 0.15) is 25.8 Å². The Hall–Kier alpha value is -1.85. The molecule has 5 nitrogen and oxygen atoms in total. The number of piperazine rings is 1. The van der Waals surface area contributed by atoms with Gasteiger partial charge in [-0.3, -0.25) is 9.89 Å². The van der Waals surface area contributed by atoms with E-state index in [4.69, 9.17) is 4.74 Å². The van der Waals surface area contributed by atoms with E-state index >= 15 is 0 Å². The van der Waals surface area contributed by atoms with Gasteiger partial charge in [-0.1, -0.05) is 56.3 Å². The van der Waals surface area contributed by atoms with E-state index in [1.54, 1.807) is 0 Å². The van der Waals surface area contributed by atoms with Crippen LogP contribution in [0.2, 0.25) is 0 Å². The maximum absolute atomic E-state index is 5.94. The third-order valence-electron chi connectivity index (χ3n) is 6.74. The molecule has 0 aromatic heterocycles. The standard InChI is InChI=1S/C23H34N4O/c1-23(2)20(19-11-17-28-21(19)23)25-22(24-3)27-15-13-26(14-16-27)12-7-10-18-8-5-4-6-9-18/h4-10,19-21H,11-17H2,1-3H3,(H,24,25)/b10-7+. The van der Waals surface area contributed by atoms with E-state index < -0.39 is 0 Å². The zero-order valence-corrected chi connectivity index (χ0v) is 17.5. The Morgan fingerprint density at radius 2 is 1.96 bits per heavy atom. The average Bonchev–Trinajstić information content (AvgIpc) is 3.17. The monoisotopic (exact) mass is 382 g/mol. The number of nitrogens with zero attached hydrogens (tertiary/aromatic N) is 3. The van der Waals surface area contributed by atoms with Gasteiger partial charge in [0, 0.05) is 63.8 Å². The Morgan fingerprint density at radius 1 is 1.21 bits per heavy atom. The molecule has 3 unspecified atom stereocenters. The maximum Gasteiger partial charge on any atom is 0.193 e. The predicted octanol–water partition coefficient (Wildman–Crippen LogP) is 2.71. The van der Waals surface area contributed by atoms with Crippen LogP contribution in [-0.4, -0.2) is 74.3 Å². The molecule has 1 aliphatic carbocycles. The van der Waals surface area contributed by atoms with Crippen LogP contribution >= 0.6 is 0 Å². The number of fused-ring (bicyclic) bond motifs is 1. The molecular formula is C23H34N4O. The number of rotatable bonds is 4. The average molecular weight is 383 g/mol. The highest BCUT2D eigenvalue weighted by Crippen LogP contribution is 2.52. The molecule has 0 amide bonds. The first-order chi connectivity index (χ1) is 13.6. The van der Waals surface area contributed by atoms with Gasteiger partial charge in [0.15, 0.2) is 5.96 Å². The van der Waals surface area contributed by atoms with Crippen LogP contribution < -0.4 is 5.32 Å². The van der Waals surface area contributed by atoms with E-state index in [0.717, 1.165) is 45.3 Å². The first-order valence-corrected chi connectivity index (χ1v) is 10.6. The van der Waals surface area contributed by atoms with Gasteiger partial charge in [0.25, 0.3) is 0 Å². The summed E-state index contributed by atoms with van der Waals surface area (Å²) in [6.45, 7) is 10.7. The van der Waals surface area contributed by atoms with Crippen molar-refractivity contribution >= 4 is 12.0 Å². The molecule has 1 N–H and O–H groups in total. The summed E-state index contributed by atoms with van der Waals surface area (Å²) in [5.74, 6) is 1.69. The van der Waals surface area contributed by atoms with Gasteiger partial charge < -0.3 is 15.0 Å². The maximum atomic E-state index is 5.94. The Labute approximate surface area is 169 Å². The van der Waals surface area contributed by atoms with Gasteiger partial charge in [0.05, 0.1) is 6.10 Å². The summed E-state index contributed by atoms with van der Waals surface area (Å²) in [5, 5.41) is 3.78.